The first kappa shape index (κ1) is 23.8. The van der Waals surface area contributed by atoms with Crippen molar-refractivity contribution < 1.29 is 27.4 Å². The number of methoxy groups -OCH3 is 1. The van der Waals surface area contributed by atoms with Crippen molar-refractivity contribution in [1.29, 1.82) is 0 Å². The molecule has 178 valence electrons. The molecule has 34 heavy (non-hydrogen) atoms. The summed E-state index contributed by atoms with van der Waals surface area (Å²) in [5, 5.41) is 9.13. The Morgan fingerprint density at radius 2 is 1.68 bits per heavy atom. The van der Waals surface area contributed by atoms with Crippen LogP contribution in [0.1, 0.15) is 53.9 Å². The lowest BCUT2D eigenvalue weighted by Gasteiger charge is -2.22. The van der Waals surface area contributed by atoms with Crippen LogP contribution in [0.15, 0.2) is 65.6 Å². The van der Waals surface area contributed by atoms with Gasteiger partial charge < -0.3 is 9.84 Å². The quantitative estimate of drug-likeness (QED) is 0.427. The number of ether oxygens (including phenoxy) is 1. The van der Waals surface area contributed by atoms with Gasteiger partial charge in [-0.1, -0.05) is 43.5 Å². The van der Waals surface area contributed by atoms with E-state index >= 15 is 0 Å². The van der Waals surface area contributed by atoms with Crippen molar-refractivity contribution in [3.05, 3.63) is 77.6 Å². The van der Waals surface area contributed by atoms with Crippen LogP contribution in [-0.2, 0) is 10.0 Å². The van der Waals surface area contributed by atoms with Crippen molar-refractivity contribution in [3.63, 3.8) is 0 Å². The maximum Gasteiger partial charge on any atom is 0.335 e. The number of carboxylic acids is 1. The number of hydrogen-bond donors (Lipinski definition) is 2. The Morgan fingerprint density at radius 1 is 0.971 bits per heavy atom. The third kappa shape index (κ3) is 5.22. The summed E-state index contributed by atoms with van der Waals surface area (Å²) in [6.07, 6.45) is 6.08. The standard InChI is InChI=1S/C26H26FNO5S/c1-33-25-15-20(26(29)30)11-12-24(25)28-34(31,32)23-14-21(13-22(27)16-23)19-9-7-18(8-10-19)17-5-3-2-4-6-17/h7-17,28H,2-6H2,1H3,(H,29,30). The molecule has 1 aliphatic carbocycles. The number of halogens is 1. The van der Waals surface area contributed by atoms with Crippen LogP contribution >= 0.6 is 0 Å². The molecule has 1 fully saturated rings. The largest absolute Gasteiger partial charge is 0.495 e. The Kier molecular flexibility index (Phi) is 6.88. The molecule has 2 N–H and O–H groups in total. The highest BCUT2D eigenvalue weighted by atomic mass is 32.2. The van der Waals surface area contributed by atoms with E-state index in [-0.39, 0.29) is 21.9 Å². The number of carbonyl (C=O) groups is 1. The van der Waals surface area contributed by atoms with Crippen molar-refractivity contribution in [1.82, 2.24) is 0 Å². The molecule has 0 aliphatic heterocycles. The molecule has 3 aromatic rings. The molecule has 0 aromatic heterocycles. The van der Waals surface area contributed by atoms with E-state index in [9.17, 15) is 17.6 Å². The number of nitrogens with one attached hydrogen (secondary N) is 1. The first-order valence-electron chi connectivity index (χ1n) is 11.1. The van der Waals surface area contributed by atoms with Gasteiger partial charge in [-0.3, -0.25) is 4.72 Å². The average molecular weight is 484 g/mol. The van der Waals surface area contributed by atoms with Gasteiger partial charge in [0.1, 0.15) is 11.6 Å². The zero-order valence-corrected chi connectivity index (χ0v) is 19.6. The maximum absolute atomic E-state index is 14.5. The van der Waals surface area contributed by atoms with Crippen molar-refractivity contribution in [3.8, 4) is 16.9 Å². The van der Waals surface area contributed by atoms with Gasteiger partial charge in [-0.2, -0.15) is 0 Å². The van der Waals surface area contributed by atoms with Crippen LogP contribution in [-0.4, -0.2) is 26.6 Å². The van der Waals surface area contributed by atoms with Crippen LogP contribution in [0.5, 0.6) is 5.75 Å². The molecule has 0 atom stereocenters. The Hall–Kier alpha value is -3.39. The molecule has 0 saturated heterocycles. The number of anilines is 1. The molecule has 0 amide bonds. The van der Waals surface area contributed by atoms with Crippen molar-refractivity contribution in [2.45, 2.75) is 42.9 Å². The first-order valence-corrected chi connectivity index (χ1v) is 12.6. The lowest BCUT2D eigenvalue weighted by atomic mass is 9.84. The topological polar surface area (TPSA) is 92.7 Å². The molecular formula is C26H26FNO5S. The predicted octanol–water partition coefficient (Wildman–Crippen LogP) is 6.05. The summed E-state index contributed by atoms with van der Waals surface area (Å²) < 4.78 is 48.0. The second kappa shape index (κ2) is 9.85. The fourth-order valence-electron chi connectivity index (χ4n) is 4.38. The van der Waals surface area contributed by atoms with Gasteiger partial charge in [0, 0.05) is 0 Å². The van der Waals surface area contributed by atoms with E-state index in [4.69, 9.17) is 9.84 Å². The molecule has 8 heteroatoms. The molecule has 4 rings (SSSR count). The number of sulfonamides is 1. The number of aromatic carboxylic acids is 1. The van der Waals surface area contributed by atoms with Crippen molar-refractivity contribution in [2.75, 3.05) is 11.8 Å². The molecule has 1 saturated carbocycles. The minimum atomic E-state index is -4.17. The molecule has 0 bridgehead atoms. The Morgan fingerprint density at radius 3 is 2.32 bits per heavy atom. The van der Waals surface area contributed by atoms with Gasteiger partial charge in [-0.25, -0.2) is 17.6 Å². The van der Waals surface area contributed by atoms with Gasteiger partial charge in [0.2, 0.25) is 0 Å². The molecule has 0 heterocycles. The fourth-order valence-corrected chi connectivity index (χ4v) is 5.51. The van der Waals surface area contributed by atoms with Gasteiger partial charge in [0.05, 0.1) is 23.3 Å². The summed E-state index contributed by atoms with van der Waals surface area (Å²) in [6, 6.07) is 15.3. The van der Waals surface area contributed by atoms with Gasteiger partial charge in [-0.15, -0.1) is 0 Å². The van der Waals surface area contributed by atoms with Crippen molar-refractivity contribution >= 4 is 21.7 Å². The summed E-state index contributed by atoms with van der Waals surface area (Å²) in [6.45, 7) is 0. The van der Waals surface area contributed by atoms with E-state index in [2.05, 4.69) is 4.72 Å². The summed E-state index contributed by atoms with van der Waals surface area (Å²) in [5.74, 6) is -1.27. The fraction of sp³-hybridized carbons (Fsp3) is 0.269. The highest BCUT2D eigenvalue weighted by Gasteiger charge is 2.20. The lowest BCUT2D eigenvalue weighted by Crippen LogP contribution is -2.14. The molecule has 0 unspecified atom stereocenters. The van der Waals surface area contributed by atoms with E-state index in [0.717, 1.165) is 11.6 Å². The second-order valence-electron chi connectivity index (χ2n) is 8.46. The van der Waals surface area contributed by atoms with Crippen LogP contribution in [0, 0.1) is 5.82 Å². The SMILES string of the molecule is COc1cc(C(=O)O)ccc1NS(=O)(=O)c1cc(F)cc(-c2ccc(C3CCCCC3)cc2)c1. The number of carboxylic acid groups (broad SMARTS) is 1. The molecule has 0 spiro atoms. The normalized spacial score (nSPS) is 14.5. The minimum absolute atomic E-state index is 0.0402. The highest BCUT2D eigenvalue weighted by molar-refractivity contribution is 7.92. The summed E-state index contributed by atoms with van der Waals surface area (Å²) in [4.78, 5) is 10.9. The van der Waals surface area contributed by atoms with E-state index in [1.807, 2.05) is 24.3 Å². The van der Waals surface area contributed by atoms with Gasteiger partial charge in [-0.05, 0) is 71.8 Å². The minimum Gasteiger partial charge on any atom is -0.495 e. The smallest absolute Gasteiger partial charge is 0.335 e. The van der Waals surface area contributed by atoms with Gasteiger partial charge in [0.15, 0.2) is 0 Å². The number of benzene rings is 3. The van der Waals surface area contributed by atoms with Crippen molar-refractivity contribution in [2.24, 2.45) is 0 Å². The monoisotopic (exact) mass is 483 g/mol. The third-order valence-corrected chi connectivity index (χ3v) is 7.54. The van der Waals surface area contributed by atoms with Crippen LogP contribution in [0.25, 0.3) is 11.1 Å². The number of hydrogen-bond acceptors (Lipinski definition) is 4. The zero-order valence-electron chi connectivity index (χ0n) is 18.8. The number of rotatable bonds is 7. The third-order valence-electron chi connectivity index (χ3n) is 6.19. The second-order valence-corrected chi connectivity index (χ2v) is 10.1. The average Bonchev–Trinajstić information content (AvgIpc) is 2.84. The van der Waals surface area contributed by atoms with E-state index in [1.54, 1.807) is 0 Å². The molecule has 3 aromatic carbocycles. The van der Waals surface area contributed by atoms with Gasteiger partial charge >= 0.3 is 5.97 Å². The van der Waals surface area contributed by atoms with E-state index in [1.165, 1.54) is 75.1 Å². The van der Waals surface area contributed by atoms with E-state index in [0.29, 0.717) is 11.5 Å². The summed E-state index contributed by atoms with van der Waals surface area (Å²) in [7, 11) is -2.87. The van der Waals surface area contributed by atoms with Crippen LogP contribution in [0.3, 0.4) is 0 Å². The van der Waals surface area contributed by atoms with Gasteiger partial charge in [0.25, 0.3) is 10.0 Å². The Bertz CT molecular complexity index is 1300. The predicted molar refractivity (Wildman–Crippen MR) is 128 cm³/mol. The van der Waals surface area contributed by atoms with Crippen LogP contribution in [0.2, 0.25) is 0 Å². The first-order chi connectivity index (χ1) is 16.3. The van der Waals surface area contributed by atoms with Crippen LogP contribution in [0.4, 0.5) is 10.1 Å². The Balaban J connectivity index is 1.62. The maximum atomic E-state index is 14.5. The highest BCUT2D eigenvalue weighted by Crippen LogP contribution is 2.34. The van der Waals surface area contributed by atoms with Crippen LogP contribution < -0.4 is 9.46 Å². The van der Waals surface area contributed by atoms with E-state index < -0.39 is 21.8 Å². The lowest BCUT2D eigenvalue weighted by molar-refractivity contribution is 0.0696. The molecular weight excluding hydrogens is 457 g/mol. The summed E-state index contributed by atoms with van der Waals surface area (Å²) >= 11 is 0. The molecule has 0 radical (unpaired) electrons. The molecule has 1 aliphatic rings. The zero-order chi connectivity index (χ0) is 24.3. The summed E-state index contributed by atoms with van der Waals surface area (Å²) in [5.41, 5.74) is 2.42. The molecule has 6 nitrogen and oxygen atoms in total. The Labute approximate surface area is 198 Å².